The van der Waals surface area contributed by atoms with Gasteiger partial charge in [0.05, 0.1) is 5.69 Å². The monoisotopic (exact) mass is 362 g/mol. The Bertz CT molecular complexity index is 767. The molecule has 1 atom stereocenters. The molecule has 0 aliphatic carbocycles. The molecule has 132 valence electrons. The largest absolute Gasteiger partial charge is 0.430 e. The van der Waals surface area contributed by atoms with Crippen molar-refractivity contribution in [3.8, 4) is 11.1 Å². The standard InChI is InChI=1S/C19H20ClFN2O2/c1-22-11-3-4-18(22)25-19(24)23(2)17-10-9-15(21)12-16(17)13-5-7-14(20)8-6-13/h5-10,12,18H,3-4,11H2,1-2H3/t18-/m0/s1. The Kier molecular flexibility index (Phi) is 5.25. The van der Waals surface area contributed by atoms with Gasteiger partial charge in [0.2, 0.25) is 0 Å². The van der Waals surface area contributed by atoms with Crippen molar-refractivity contribution in [3.05, 3.63) is 53.3 Å². The number of hydrogen-bond donors (Lipinski definition) is 0. The molecule has 6 heteroatoms. The van der Waals surface area contributed by atoms with E-state index in [2.05, 4.69) is 0 Å². The number of likely N-dealkylation sites (tertiary alicyclic amines) is 1. The van der Waals surface area contributed by atoms with Crippen LogP contribution in [0.4, 0.5) is 14.9 Å². The van der Waals surface area contributed by atoms with Gasteiger partial charge in [-0.05, 0) is 55.8 Å². The summed E-state index contributed by atoms with van der Waals surface area (Å²) in [7, 11) is 3.56. The zero-order chi connectivity index (χ0) is 18.0. The van der Waals surface area contributed by atoms with Crippen molar-refractivity contribution in [2.45, 2.75) is 19.1 Å². The first-order valence-electron chi connectivity index (χ1n) is 8.16. The van der Waals surface area contributed by atoms with Crippen molar-refractivity contribution in [3.63, 3.8) is 0 Å². The molecule has 0 aromatic heterocycles. The van der Waals surface area contributed by atoms with Crippen LogP contribution in [0.25, 0.3) is 11.1 Å². The average Bonchev–Trinajstić information content (AvgIpc) is 2.99. The van der Waals surface area contributed by atoms with E-state index in [0.29, 0.717) is 16.3 Å². The van der Waals surface area contributed by atoms with Crippen molar-refractivity contribution in [2.24, 2.45) is 0 Å². The third-order valence-electron chi connectivity index (χ3n) is 4.44. The molecule has 0 unspecified atom stereocenters. The van der Waals surface area contributed by atoms with Crippen molar-refractivity contribution in [1.29, 1.82) is 0 Å². The Hall–Kier alpha value is -2.11. The lowest BCUT2D eigenvalue weighted by molar-refractivity contribution is 0.0315. The lowest BCUT2D eigenvalue weighted by atomic mass is 10.0. The van der Waals surface area contributed by atoms with Gasteiger partial charge in [-0.2, -0.15) is 0 Å². The number of amides is 1. The molecule has 0 bridgehead atoms. The lowest BCUT2D eigenvalue weighted by Crippen LogP contribution is -2.36. The maximum Gasteiger partial charge on any atom is 0.415 e. The highest BCUT2D eigenvalue weighted by Gasteiger charge is 2.27. The summed E-state index contributed by atoms with van der Waals surface area (Å²) in [5.74, 6) is -0.369. The predicted octanol–water partition coefficient (Wildman–Crippen LogP) is 4.77. The van der Waals surface area contributed by atoms with Crippen molar-refractivity contribution in [1.82, 2.24) is 4.90 Å². The number of nitrogens with zero attached hydrogens (tertiary/aromatic N) is 2. The van der Waals surface area contributed by atoms with E-state index in [0.717, 1.165) is 24.9 Å². The van der Waals surface area contributed by atoms with Crippen LogP contribution >= 0.6 is 11.6 Å². The van der Waals surface area contributed by atoms with Gasteiger partial charge < -0.3 is 4.74 Å². The van der Waals surface area contributed by atoms with Gasteiger partial charge in [-0.25, -0.2) is 9.18 Å². The van der Waals surface area contributed by atoms with Crippen LogP contribution in [0.5, 0.6) is 0 Å². The third-order valence-corrected chi connectivity index (χ3v) is 4.69. The summed E-state index contributed by atoms with van der Waals surface area (Å²) < 4.78 is 19.4. The van der Waals surface area contributed by atoms with Crippen molar-refractivity contribution >= 4 is 23.4 Å². The molecule has 1 aliphatic rings. The van der Waals surface area contributed by atoms with Gasteiger partial charge >= 0.3 is 6.09 Å². The summed E-state index contributed by atoms with van der Waals surface area (Å²) in [6.45, 7) is 0.911. The summed E-state index contributed by atoms with van der Waals surface area (Å²) >= 11 is 5.93. The second-order valence-electron chi connectivity index (χ2n) is 6.19. The minimum atomic E-state index is -0.458. The minimum absolute atomic E-state index is 0.214. The first-order valence-corrected chi connectivity index (χ1v) is 8.53. The summed E-state index contributed by atoms with van der Waals surface area (Å²) in [6.07, 6.45) is 1.16. The molecule has 1 saturated heterocycles. The molecule has 4 nitrogen and oxygen atoms in total. The van der Waals surface area contributed by atoms with E-state index in [-0.39, 0.29) is 12.0 Å². The van der Waals surface area contributed by atoms with Crippen LogP contribution in [-0.4, -0.2) is 37.9 Å². The van der Waals surface area contributed by atoms with Gasteiger partial charge in [0.15, 0.2) is 6.23 Å². The molecule has 3 rings (SSSR count). The molecule has 0 radical (unpaired) electrons. The quantitative estimate of drug-likeness (QED) is 0.788. The maximum absolute atomic E-state index is 13.8. The molecule has 1 heterocycles. The lowest BCUT2D eigenvalue weighted by Gasteiger charge is -2.25. The summed E-state index contributed by atoms with van der Waals surface area (Å²) in [4.78, 5) is 16.0. The van der Waals surface area contributed by atoms with Crippen LogP contribution in [0.15, 0.2) is 42.5 Å². The second-order valence-corrected chi connectivity index (χ2v) is 6.63. The fourth-order valence-electron chi connectivity index (χ4n) is 2.98. The summed E-state index contributed by atoms with van der Waals surface area (Å²) in [5.41, 5.74) is 1.96. The molecule has 0 N–H and O–H groups in total. The Balaban J connectivity index is 1.88. The molecule has 1 aliphatic heterocycles. The SMILES string of the molecule is CN(C(=O)O[C@H]1CCCN1C)c1ccc(F)cc1-c1ccc(Cl)cc1. The van der Waals surface area contributed by atoms with Crippen molar-refractivity contribution < 1.29 is 13.9 Å². The van der Waals surface area contributed by atoms with Crippen molar-refractivity contribution in [2.75, 3.05) is 25.5 Å². The molecule has 0 spiro atoms. The third kappa shape index (κ3) is 3.94. The fraction of sp³-hybridized carbons (Fsp3) is 0.316. The first kappa shape index (κ1) is 17.7. The number of rotatable bonds is 3. The van der Waals surface area contributed by atoms with E-state index < -0.39 is 6.09 Å². The predicted molar refractivity (Wildman–Crippen MR) is 97.4 cm³/mol. The first-order chi connectivity index (χ1) is 12.0. The van der Waals surface area contributed by atoms with Crippen LogP contribution in [0.3, 0.4) is 0 Å². The molecular formula is C19H20ClFN2O2. The Morgan fingerprint density at radius 2 is 2.00 bits per heavy atom. The molecule has 2 aromatic rings. The highest BCUT2D eigenvalue weighted by atomic mass is 35.5. The van der Waals surface area contributed by atoms with Crippen LogP contribution in [0.2, 0.25) is 5.02 Å². The average molecular weight is 363 g/mol. The second kappa shape index (κ2) is 7.42. The normalized spacial score (nSPS) is 17.5. The van der Waals surface area contributed by atoms with Crippen LogP contribution in [0.1, 0.15) is 12.8 Å². The number of anilines is 1. The molecule has 0 saturated carbocycles. The van der Waals surface area contributed by atoms with Gasteiger partial charge in [-0.1, -0.05) is 23.7 Å². The number of carbonyl (C=O) groups excluding carboxylic acids is 1. The number of ether oxygens (including phenoxy) is 1. The molecular weight excluding hydrogens is 343 g/mol. The zero-order valence-corrected chi connectivity index (χ0v) is 15.0. The van der Waals surface area contributed by atoms with Crippen LogP contribution in [0, 0.1) is 5.82 Å². The van der Waals surface area contributed by atoms with Gasteiger partial charge in [-0.15, -0.1) is 0 Å². The maximum atomic E-state index is 13.8. The van der Waals surface area contributed by atoms with Gasteiger partial charge in [0.25, 0.3) is 0 Å². The summed E-state index contributed by atoms with van der Waals surface area (Å²) in [5, 5.41) is 0.596. The number of halogens is 2. The molecule has 25 heavy (non-hydrogen) atoms. The Morgan fingerprint density at radius 3 is 2.64 bits per heavy atom. The molecule has 1 amide bonds. The van der Waals surface area contributed by atoms with E-state index in [9.17, 15) is 9.18 Å². The number of hydrogen-bond acceptors (Lipinski definition) is 3. The van der Waals surface area contributed by atoms with Gasteiger partial charge in [0, 0.05) is 24.2 Å². The van der Waals surface area contributed by atoms with Crippen LogP contribution < -0.4 is 4.90 Å². The molecule has 1 fully saturated rings. The molecule has 2 aromatic carbocycles. The van der Waals surface area contributed by atoms with Crippen LogP contribution in [-0.2, 0) is 4.74 Å². The number of carbonyl (C=O) groups is 1. The van der Waals surface area contributed by atoms with E-state index in [1.54, 1.807) is 37.4 Å². The van der Waals surface area contributed by atoms with Gasteiger partial charge in [0.1, 0.15) is 5.82 Å². The number of benzene rings is 2. The minimum Gasteiger partial charge on any atom is -0.430 e. The Morgan fingerprint density at radius 1 is 1.28 bits per heavy atom. The van der Waals surface area contributed by atoms with Gasteiger partial charge in [-0.3, -0.25) is 9.80 Å². The summed E-state index contributed by atoms with van der Waals surface area (Å²) in [6, 6.07) is 11.4. The smallest absolute Gasteiger partial charge is 0.415 e. The van der Waals surface area contributed by atoms with E-state index in [1.807, 2.05) is 11.9 Å². The highest BCUT2D eigenvalue weighted by molar-refractivity contribution is 6.30. The highest BCUT2D eigenvalue weighted by Crippen LogP contribution is 2.32. The van der Waals surface area contributed by atoms with E-state index in [4.69, 9.17) is 16.3 Å². The fourth-order valence-corrected chi connectivity index (χ4v) is 3.11. The Labute approximate surface area is 151 Å². The van der Waals surface area contributed by atoms with E-state index >= 15 is 0 Å². The topological polar surface area (TPSA) is 32.8 Å². The van der Waals surface area contributed by atoms with E-state index in [1.165, 1.54) is 17.0 Å². The zero-order valence-electron chi connectivity index (χ0n) is 14.2.